The quantitative estimate of drug-likeness (QED) is 0.157. The first kappa shape index (κ1) is 27.3. The van der Waals surface area contributed by atoms with Gasteiger partial charge in [0, 0.05) is 17.7 Å². The molecule has 0 saturated carbocycles. The molecule has 3 nitrogen and oxygen atoms in total. The summed E-state index contributed by atoms with van der Waals surface area (Å²) in [4.78, 5) is 12.2. The number of allylic oxidation sites excluding steroid dienone is 2. The predicted molar refractivity (Wildman–Crippen MR) is 135 cm³/mol. The zero-order valence-corrected chi connectivity index (χ0v) is 20.6. The molecule has 0 atom stereocenters. The number of carbonyl (C=O) groups is 1. The van der Waals surface area contributed by atoms with Crippen molar-refractivity contribution < 1.29 is 9.90 Å². The highest BCUT2D eigenvalue weighted by atomic mass is 16.3. The number of rotatable bonds is 16. The lowest BCUT2D eigenvalue weighted by molar-refractivity contribution is -0.116. The summed E-state index contributed by atoms with van der Waals surface area (Å²) < 4.78 is 0. The number of hydrogen-bond acceptors (Lipinski definition) is 2. The standard InChI is InChI=1S/C28H47NO2/c1-5-6-7-8-9-10-11-12-13-14-15-16-17-18-19-20-27(31)29-24-21-22-26(30)25(23-24)28(2,3)4/h12-13,21-23,30H,5-11,14-20H2,1-4H3,(H,29,31). The van der Waals surface area contributed by atoms with E-state index in [0.29, 0.717) is 6.42 Å². The van der Waals surface area contributed by atoms with Crippen LogP contribution in [0.5, 0.6) is 5.75 Å². The highest BCUT2D eigenvalue weighted by molar-refractivity contribution is 5.90. The summed E-state index contributed by atoms with van der Waals surface area (Å²) >= 11 is 0. The van der Waals surface area contributed by atoms with Gasteiger partial charge in [0.2, 0.25) is 5.91 Å². The third-order valence-electron chi connectivity index (χ3n) is 5.75. The van der Waals surface area contributed by atoms with Gasteiger partial charge in [-0.3, -0.25) is 4.79 Å². The Bertz CT molecular complexity index is 643. The van der Waals surface area contributed by atoms with Gasteiger partial charge in [-0.2, -0.15) is 0 Å². The van der Waals surface area contributed by atoms with Gasteiger partial charge in [-0.1, -0.05) is 91.2 Å². The van der Waals surface area contributed by atoms with E-state index in [9.17, 15) is 9.90 Å². The van der Waals surface area contributed by atoms with Crippen LogP contribution >= 0.6 is 0 Å². The number of anilines is 1. The molecule has 0 radical (unpaired) electrons. The van der Waals surface area contributed by atoms with Crippen LogP contribution in [-0.2, 0) is 10.2 Å². The number of nitrogens with one attached hydrogen (secondary N) is 1. The van der Waals surface area contributed by atoms with Crippen LogP contribution in [0.25, 0.3) is 0 Å². The van der Waals surface area contributed by atoms with Gasteiger partial charge < -0.3 is 10.4 Å². The number of phenols is 1. The third kappa shape index (κ3) is 13.3. The first-order valence-electron chi connectivity index (χ1n) is 12.6. The van der Waals surface area contributed by atoms with Crippen LogP contribution in [0, 0.1) is 0 Å². The summed E-state index contributed by atoms with van der Waals surface area (Å²) in [7, 11) is 0. The van der Waals surface area contributed by atoms with E-state index in [1.54, 1.807) is 12.1 Å². The number of aromatic hydroxyl groups is 1. The summed E-state index contributed by atoms with van der Waals surface area (Å²) in [5, 5.41) is 13.0. The first-order valence-corrected chi connectivity index (χ1v) is 12.6. The van der Waals surface area contributed by atoms with E-state index in [1.165, 1.54) is 70.6 Å². The van der Waals surface area contributed by atoms with Crippen molar-refractivity contribution in [2.24, 2.45) is 0 Å². The van der Waals surface area contributed by atoms with Gasteiger partial charge in [0.1, 0.15) is 5.75 Å². The molecule has 31 heavy (non-hydrogen) atoms. The second-order valence-corrected chi connectivity index (χ2v) is 9.86. The topological polar surface area (TPSA) is 49.3 Å². The maximum atomic E-state index is 12.2. The summed E-state index contributed by atoms with van der Waals surface area (Å²) in [6.45, 7) is 8.43. The fraction of sp³-hybridized carbons (Fsp3) is 0.679. The van der Waals surface area contributed by atoms with Crippen LogP contribution < -0.4 is 5.32 Å². The molecule has 0 fully saturated rings. The Labute approximate surface area is 191 Å². The van der Waals surface area contributed by atoms with Gasteiger partial charge in [0.25, 0.3) is 0 Å². The first-order chi connectivity index (χ1) is 14.8. The van der Waals surface area contributed by atoms with Crippen molar-refractivity contribution in [1.29, 1.82) is 0 Å². The Hall–Kier alpha value is -1.77. The molecule has 0 heterocycles. The Balaban J connectivity index is 2.05. The summed E-state index contributed by atoms with van der Waals surface area (Å²) in [5.41, 5.74) is 1.46. The Kier molecular flexibility index (Phi) is 14.0. The van der Waals surface area contributed by atoms with Gasteiger partial charge in [0.05, 0.1) is 0 Å². The minimum atomic E-state index is -0.158. The summed E-state index contributed by atoms with van der Waals surface area (Å²) in [5.74, 6) is 0.339. The van der Waals surface area contributed by atoms with Crippen LogP contribution in [0.4, 0.5) is 5.69 Å². The lowest BCUT2D eigenvalue weighted by Gasteiger charge is -2.21. The second-order valence-electron chi connectivity index (χ2n) is 9.86. The molecule has 0 aliphatic rings. The van der Waals surface area contributed by atoms with E-state index in [4.69, 9.17) is 0 Å². The zero-order valence-electron chi connectivity index (χ0n) is 20.6. The lowest BCUT2D eigenvalue weighted by Crippen LogP contribution is -2.14. The monoisotopic (exact) mass is 429 g/mol. The average Bonchev–Trinajstić information content (AvgIpc) is 2.71. The molecule has 1 aromatic rings. The minimum absolute atomic E-state index is 0.0585. The predicted octanol–water partition coefficient (Wildman–Crippen LogP) is 8.67. The largest absolute Gasteiger partial charge is 0.508 e. The number of carbonyl (C=O) groups excluding carboxylic acids is 1. The molecule has 1 aromatic carbocycles. The molecule has 2 N–H and O–H groups in total. The molecular weight excluding hydrogens is 382 g/mol. The van der Waals surface area contributed by atoms with Crippen LogP contribution in [0.1, 0.15) is 123 Å². The van der Waals surface area contributed by atoms with Crippen LogP contribution in [-0.4, -0.2) is 11.0 Å². The van der Waals surface area contributed by atoms with Crippen molar-refractivity contribution in [3.05, 3.63) is 35.9 Å². The van der Waals surface area contributed by atoms with E-state index >= 15 is 0 Å². The fourth-order valence-electron chi connectivity index (χ4n) is 3.79. The van der Waals surface area contributed by atoms with E-state index in [-0.39, 0.29) is 17.1 Å². The molecule has 0 aliphatic carbocycles. The van der Waals surface area contributed by atoms with E-state index < -0.39 is 0 Å². The molecule has 3 heteroatoms. The molecular formula is C28H47NO2. The summed E-state index contributed by atoms with van der Waals surface area (Å²) in [6.07, 6.45) is 21.7. The normalized spacial score (nSPS) is 11.9. The van der Waals surface area contributed by atoms with Crippen molar-refractivity contribution in [2.75, 3.05) is 5.32 Å². The van der Waals surface area contributed by atoms with Gasteiger partial charge >= 0.3 is 0 Å². The maximum absolute atomic E-state index is 12.2. The molecule has 1 rings (SSSR count). The van der Waals surface area contributed by atoms with E-state index in [2.05, 4.69) is 45.2 Å². The van der Waals surface area contributed by atoms with Crippen molar-refractivity contribution in [3.63, 3.8) is 0 Å². The number of amides is 1. The van der Waals surface area contributed by atoms with E-state index in [1.807, 2.05) is 6.07 Å². The fourth-order valence-corrected chi connectivity index (χ4v) is 3.79. The summed E-state index contributed by atoms with van der Waals surface area (Å²) in [6, 6.07) is 5.31. The molecule has 0 spiro atoms. The third-order valence-corrected chi connectivity index (χ3v) is 5.75. The SMILES string of the molecule is CCCCCCCCC=CCCCCCCCC(=O)Nc1ccc(O)c(C(C)(C)C)c1. The number of unbranched alkanes of at least 4 members (excludes halogenated alkanes) is 11. The Morgan fingerprint density at radius 2 is 1.42 bits per heavy atom. The highest BCUT2D eigenvalue weighted by Gasteiger charge is 2.18. The van der Waals surface area contributed by atoms with Crippen LogP contribution in [0.3, 0.4) is 0 Å². The number of hydrogen-bond donors (Lipinski definition) is 2. The van der Waals surface area contributed by atoms with Gasteiger partial charge in [0.15, 0.2) is 0 Å². The second kappa shape index (κ2) is 15.9. The Morgan fingerprint density at radius 3 is 2.00 bits per heavy atom. The molecule has 1 amide bonds. The number of phenolic OH excluding ortho intramolecular Hbond substituents is 1. The lowest BCUT2D eigenvalue weighted by atomic mass is 9.86. The van der Waals surface area contributed by atoms with Gasteiger partial charge in [-0.15, -0.1) is 0 Å². The molecule has 0 aromatic heterocycles. The van der Waals surface area contributed by atoms with Gasteiger partial charge in [-0.05, 0) is 55.7 Å². The molecule has 0 unspecified atom stereocenters. The maximum Gasteiger partial charge on any atom is 0.224 e. The zero-order chi connectivity index (χ0) is 23.0. The van der Waals surface area contributed by atoms with Crippen molar-refractivity contribution in [2.45, 2.75) is 123 Å². The smallest absolute Gasteiger partial charge is 0.224 e. The highest BCUT2D eigenvalue weighted by Crippen LogP contribution is 2.32. The van der Waals surface area contributed by atoms with Crippen LogP contribution in [0.15, 0.2) is 30.4 Å². The molecule has 0 aliphatic heterocycles. The van der Waals surface area contributed by atoms with Crippen molar-refractivity contribution >= 4 is 11.6 Å². The minimum Gasteiger partial charge on any atom is -0.508 e. The van der Waals surface area contributed by atoms with Crippen molar-refractivity contribution in [3.8, 4) is 5.75 Å². The molecule has 0 saturated heterocycles. The molecule has 176 valence electrons. The van der Waals surface area contributed by atoms with Crippen molar-refractivity contribution in [1.82, 2.24) is 0 Å². The molecule has 0 bridgehead atoms. The van der Waals surface area contributed by atoms with Crippen LogP contribution in [0.2, 0.25) is 0 Å². The average molecular weight is 430 g/mol. The number of benzene rings is 1. The Morgan fingerprint density at radius 1 is 0.871 bits per heavy atom. The van der Waals surface area contributed by atoms with Gasteiger partial charge in [-0.25, -0.2) is 0 Å². The van der Waals surface area contributed by atoms with E-state index in [0.717, 1.165) is 24.1 Å².